The zero-order chi connectivity index (χ0) is 13.8. The SMILES string of the molecule is O=C(NCc1cccnc1)Nc1ccc2nnsc2c1. The van der Waals surface area contributed by atoms with Crippen molar-refractivity contribution >= 4 is 33.5 Å². The summed E-state index contributed by atoms with van der Waals surface area (Å²) in [4.78, 5) is 15.8. The molecular formula is C13H11N5OS. The first-order chi connectivity index (χ1) is 9.81. The fourth-order valence-electron chi connectivity index (χ4n) is 1.72. The third-order valence-corrected chi connectivity index (χ3v) is 3.37. The van der Waals surface area contributed by atoms with Gasteiger partial charge in [-0.05, 0) is 41.4 Å². The van der Waals surface area contributed by atoms with Gasteiger partial charge in [-0.25, -0.2) is 4.79 Å². The lowest BCUT2D eigenvalue weighted by atomic mass is 10.3. The third kappa shape index (κ3) is 2.89. The van der Waals surface area contributed by atoms with E-state index in [1.807, 2.05) is 24.3 Å². The number of anilines is 1. The highest BCUT2D eigenvalue weighted by molar-refractivity contribution is 7.12. The monoisotopic (exact) mass is 285 g/mol. The van der Waals surface area contributed by atoms with Gasteiger partial charge >= 0.3 is 6.03 Å². The van der Waals surface area contributed by atoms with Gasteiger partial charge in [-0.3, -0.25) is 4.98 Å². The number of hydrogen-bond donors (Lipinski definition) is 2. The van der Waals surface area contributed by atoms with E-state index in [0.29, 0.717) is 12.2 Å². The number of hydrogen-bond acceptors (Lipinski definition) is 5. The molecule has 2 heterocycles. The van der Waals surface area contributed by atoms with Crippen molar-refractivity contribution in [3.05, 3.63) is 48.3 Å². The van der Waals surface area contributed by atoms with E-state index in [4.69, 9.17) is 0 Å². The molecule has 0 saturated carbocycles. The predicted molar refractivity (Wildman–Crippen MR) is 77.5 cm³/mol. The van der Waals surface area contributed by atoms with Crippen LogP contribution < -0.4 is 10.6 Å². The van der Waals surface area contributed by atoms with E-state index in [1.165, 1.54) is 11.5 Å². The molecule has 0 bridgehead atoms. The van der Waals surface area contributed by atoms with E-state index < -0.39 is 0 Å². The minimum Gasteiger partial charge on any atom is -0.334 e. The number of nitrogens with one attached hydrogen (secondary N) is 2. The smallest absolute Gasteiger partial charge is 0.319 e. The highest BCUT2D eigenvalue weighted by Crippen LogP contribution is 2.19. The van der Waals surface area contributed by atoms with Crippen LogP contribution in [0.5, 0.6) is 0 Å². The molecule has 3 rings (SSSR count). The molecule has 0 radical (unpaired) electrons. The van der Waals surface area contributed by atoms with Gasteiger partial charge in [0.2, 0.25) is 0 Å². The Morgan fingerprint density at radius 1 is 1.30 bits per heavy atom. The molecule has 2 N–H and O–H groups in total. The first kappa shape index (κ1) is 12.5. The van der Waals surface area contributed by atoms with Crippen molar-refractivity contribution in [1.82, 2.24) is 19.9 Å². The molecule has 20 heavy (non-hydrogen) atoms. The van der Waals surface area contributed by atoms with Crippen LogP contribution in [0.15, 0.2) is 42.7 Å². The average Bonchev–Trinajstić information content (AvgIpc) is 2.94. The zero-order valence-corrected chi connectivity index (χ0v) is 11.2. The van der Waals surface area contributed by atoms with E-state index in [9.17, 15) is 4.79 Å². The maximum absolute atomic E-state index is 11.8. The molecule has 0 aliphatic rings. The molecule has 0 fully saturated rings. The molecule has 0 atom stereocenters. The van der Waals surface area contributed by atoms with Gasteiger partial charge in [0.05, 0.1) is 4.70 Å². The number of pyridine rings is 1. The Labute approximate surface area is 119 Å². The second-order valence-corrected chi connectivity index (χ2v) is 4.91. The number of nitrogens with zero attached hydrogens (tertiary/aromatic N) is 3. The Hall–Kier alpha value is -2.54. The summed E-state index contributed by atoms with van der Waals surface area (Å²) in [7, 11) is 0. The normalized spacial score (nSPS) is 10.4. The summed E-state index contributed by atoms with van der Waals surface area (Å²) in [6, 6.07) is 8.96. The molecule has 0 unspecified atom stereocenters. The van der Waals surface area contributed by atoms with Gasteiger partial charge in [0.25, 0.3) is 0 Å². The zero-order valence-electron chi connectivity index (χ0n) is 10.4. The van der Waals surface area contributed by atoms with Crippen LogP contribution in [0, 0.1) is 0 Å². The topological polar surface area (TPSA) is 79.8 Å². The van der Waals surface area contributed by atoms with E-state index in [0.717, 1.165) is 15.8 Å². The van der Waals surface area contributed by atoms with E-state index >= 15 is 0 Å². The molecule has 2 aromatic heterocycles. The van der Waals surface area contributed by atoms with Crippen LogP contribution in [0.2, 0.25) is 0 Å². The standard InChI is InChI=1S/C13H11N5OS/c19-13(15-8-9-2-1-5-14-7-9)16-10-3-4-11-12(6-10)20-18-17-11/h1-7H,8H2,(H2,15,16,19). The number of urea groups is 1. The summed E-state index contributed by atoms with van der Waals surface area (Å²) < 4.78 is 4.79. The van der Waals surface area contributed by atoms with Crippen molar-refractivity contribution < 1.29 is 4.79 Å². The van der Waals surface area contributed by atoms with Gasteiger partial charge in [0.1, 0.15) is 5.52 Å². The van der Waals surface area contributed by atoms with Crippen LogP contribution in [-0.2, 0) is 6.54 Å². The van der Waals surface area contributed by atoms with Gasteiger partial charge < -0.3 is 10.6 Å². The first-order valence-electron chi connectivity index (χ1n) is 5.97. The van der Waals surface area contributed by atoms with Crippen molar-refractivity contribution in [2.45, 2.75) is 6.54 Å². The second-order valence-electron chi connectivity index (χ2n) is 4.12. The molecule has 0 spiro atoms. The van der Waals surface area contributed by atoms with E-state index in [1.54, 1.807) is 18.5 Å². The van der Waals surface area contributed by atoms with Crippen LogP contribution in [0.4, 0.5) is 10.5 Å². The highest BCUT2D eigenvalue weighted by atomic mass is 32.1. The van der Waals surface area contributed by atoms with Crippen LogP contribution in [0.1, 0.15) is 5.56 Å². The van der Waals surface area contributed by atoms with Gasteiger partial charge in [-0.2, -0.15) is 0 Å². The van der Waals surface area contributed by atoms with Crippen LogP contribution >= 0.6 is 11.5 Å². The van der Waals surface area contributed by atoms with Crippen LogP contribution in [0.25, 0.3) is 10.2 Å². The molecule has 6 nitrogen and oxygen atoms in total. The number of aromatic nitrogens is 3. The van der Waals surface area contributed by atoms with Crippen molar-refractivity contribution in [1.29, 1.82) is 0 Å². The number of rotatable bonds is 3. The van der Waals surface area contributed by atoms with Crippen LogP contribution in [-0.4, -0.2) is 20.6 Å². The fourth-order valence-corrected chi connectivity index (χ4v) is 2.32. The summed E-state index contributed by atoms with van der Waals surface area (Å²) in [6.45, 7) is 0.435. The molecule has 0 aliphatic heterocycles. The van der Waals surface area contributed by atoms with Gasteiger partial charge in [0.15, 0.2) is 0 Å². The molecule has 3 aromatic rings. The van der Waals surface area contributed by atoms with Crippen molar-refractivity contribution in [3.8, 4) is 0 Å². The Bertz CT molecular complexity index is 728. The molecule has 2 amide bonds. The Morgan fingerprint density at radius 3 is 3.10 bits per heavy atom. The first-order valence-corrected chi connectivity index (χ1v) is 6.74. The van der Waals surface area contributed by atoms with Gasteiger partial charge in [-0.1, -0.05) is 10.6 Å². The number of benzene rings is 1. The third-order valence-electron chi connectivity index (χ3n) is 2.68. The lowest BCUT2D eigenvalue weighted by molar-refractivity contribution is 0.251. The van der Waals surface area contributed by atoms with Gasteiger partial charge in [0, 0.05) is 24.6 Å². The van der Waals surface area contributed by atoms with Crippen LogP contribution in [0.3, 0.4) is 0 Å². The lowest BCUT2D eigenvalue weighted by Gasteiger charge is -2.07. The van der Waals surface area contributed by atoms with E-state index in [-0.39, 0.29) is 6.03 Å². The molecule has 1 aromatic carbocycles. The average molecular weight is 285 g/mol. The Morgan fingerprint density at radius 2 is 2.25 bits per heavy atom. The summed E-state index contributed by atoms with van der Waals surface area (Å²) in [5, 5.41) is 9.49. The van der Waals surface area contributed by atoms with Crippen molar-refractivity contribution in [2.24, 2.45) is 0 Å². The van der Waals surface area contributed by atoms with Crippen molar-refractivity contribution in [2.75, 3.05) is 5.32 Å². The molecular weight excluding hydrogens is 274 g/mol. The summed E-state index contributed by atoms with van der Waals surface area (Å²) >= 11 is 1.30. The number of carbonyl (C=O) groups excluding carboxylic acids is 1. The van der Waals surface area contributed by atoms with Gasteiger partial charge in [-0.15, -0.1) is 5.10 Å². The number of amides is 2. The largest absolute Gasteiger partial charge is 0.334 e. The highest BCUT2D eigenvalue weighted by Gasteiger charge is 2.04. The molecule has 0 aliphatic carbocycles. The minimum absolute atomic E-state index is 0.259. The second kappa shape index (κ2) is 5.62. The predicted octanol–water partition coefficient (Wildman–Crippen LogP) is 2.41. The molecule has 100 valence electrons. The number of fused-ring (bicyclic) bond motifs is 1. The minimum atomic E-state index is -0.259. The van der Waals surface area contributed by atoms with Crippen molar-refractivity contribution in [3.63, 3.8) is 0 Å². The maximum atomic E-state index is 11.8. The molecule has 0 saturated heterocycles. The number of carbonyl (C=O) groups is 1. The summed E-state index contributed by atoms with van der Waals surface area (Å²) in [6.07, 6.45) is 3.41. The Balaban J connectivity index is 1.61. The molecule has 7 heteroatoms. The summed E-state index contributed by atoms with van der Waals surface area (Å²) in [5.74, 6) is 0. The maximum Gasteiger partial charge on any atom is 0.319 e. The lowest BCUT2D eigenvalue weighted by Crippen LogP contribution is -2.28. The van der Waals surface area contributed by atoms with E-state index in [2.05, 4.69) is 25.2 Å². The summed E-state index contributed by atoms with van der Waals surface area (Å²) in [5.41, 5.74) is 2.49. The quantitative estimate of drug-likeness (QED) is 0.774. The fraction of sp³-hybridized carbons (Fsp3) is 0.0769. The Kier molecular flexibility index (Phi) is 3.51.